The molecule has 2 N–H and O–H groups in total. The van der Waals surface area contributed by atoms with Crippen molar-refractivity contribution >= 4 is 33.2 Å². The number of carbonyl (C=O) groups excluding carboxylic acids is 1. The Morgan fingerprint density at radius 2 is 2.10 bits per heavy atom. The summed E-state index contributed by atoms with van der Waals surface area (Å²) in [6.45, 7) is 1.59. The minimum Gasteiger partial charge on any atom is -0.477 e. The number of carboxylic acids is 1. The van der Waals surface area contributed by atoms with Crippen LogP contribution in [0.25, 0.3) is 0 Å². The maximum Gasteiger partial charge on any atom is 0.347 e. The molecule has 0 saturated carbocycles. The van der Waals surface area contributed by atoms with Crippen LogP contribution in [0, 0.1) is 0 Å². The van der Waals surface area contributed by atoms with E-state index in [1.165, 1.54) is 18.5 Å². The highest BCUT2D eigenvalue weighted by Gasteiger charge is 2.30. The lowest BCUT2D eigenvalue weighted by Crippen LogP contribution is -2.40. The third-order valence-corrected chi connectivity index (χ3v) is 5.43. The maximum atomic E-state index is 12.4. The molecule has 0 bridgehead atoms. The van der Waals surface area contributed by atoms with Gasteiger partial charge in [0.05, 0.1) is 6.54 Å². The Morgan fingerprint density at radius 1 is 1.45 bits per heavy atom. The first-order valence-electron chi connectivity index (χ1n) is 5.86. The zero-order valence-electron chi connectivity index (χ0n) is 11.1. The first-order valence-corrected chi connectivity index (χ1v) is 8.18. The smallest absolute Gasteiger partial charge is 0.347 e. The van der Waals surface area contributed by atoms with Gasteiger partial charge in [-0.2, -0.15) is 4.31 Å². The summed E-state index contributed by atoms with van der Waals surface area (Å²) in [5.41, 5.74) is 0. The second kappa shape index (κ2) is 6.82. The zero-order chi connectivity index (χ0) is 15.3. The van der Waals surface area contributed by atoms with Crippen LogP contribution in [0.5, 0.6) is 0 Å². The van der Waals surface area contributed by atoms with Gasteiger partial charge in [-0.15, -0.1) is 11.3 Å². The van der Waals surface area contributed by atoms with Crippen LogP contribution in [0.2, 0.25) is 0 Å². The number of aromatic carboxylic acids is 1. The number of carboxylic acid groups (broad SMARTS) is 1. The molecule has 112 valence electrons. The van der Waals surface area contributed by atoms with E-state index in [2.05, 4.69) is 5.32 Å². The Hall–Kier alpha value is -1.45. The summed E-state index contributed by atoms with van der Waals surface area (Å²) in [7, 11) is -2.59. The SMILES string of the molecule is CCCN(CC(=O)NC)S(=O)(=O)c1ccsc1C(=O)O. The topological polar surface area (TPSA) is 104 Å². The standard InChI is InChI=1S/C11H16N2O5S2/c1-3-5-13(7-9(14)12-2)20(17,18)8-4-6-19-10(8)11(15)16/h4,6H,3,5,7H2,1-2H3,(H,12,14)(H,15,16). The lowest BCUT2D eigenvalue weighted by molar-refractivity contribution is -0.120. The van der Waals surface area contributed by atoms with Crippen LogP contribution in [0.1, 0.15) is 23.0 Å². The van der Waals surface area contributed by atoms with Crippen LogP contribution in [0.15, 0.2) is 16.3 Å². The van der Waals surface area contributed by atoms with Gasteiger partial charge in [0, 0.05) is 13.6 Å². The summed E-state index contributed by atoms with van der Waals surface area (Å²) in [5.74, 6) is -1.75. The van der Waals surface area contributed by atoms with E-state index >= 15 is 0 Å². The minimum atomic E-state index is -4.00. The summed E-state index contributed by atoms with van der Waals surface area (Å²) in [6, 6.07) is 1.25. The van der Waals surface area contributed by atoms with E-state index < -0.39 is 21.9 Å². The lowest BCUT2D eigenvalue weighted by atomic mass is 10.4. The van der Waals surface area contributed by atoms with Gasteiger partial charge in [-0.05, 0) is 17.9 Å². The predicted molar refractivity (Wildman–Crippen MR) is 74.4 cm³/mol. The van der Waals surface area contributed by atoms with Crippen molar-refractivity contribution in [2.75, 3.05) is 20.1 Å². The van der Waals surface area contributed by atoms with Gasteiger partial charge in [-0.25, -0.2) is 13.2 Å². The molecule has 7 nitrogen and oxygen atoms in total. The molecular weight excluding hydrogens is 304 g/mol. The van der Waals surface area contributed by atoms with E-state index in [0.29, 0.717) is 6.42 Å². The van der Waals surface area contributed by atoms with E-state index in [0.717, 1.165) is 15.6 Å². The molecule has 0 radical (unpaired) electrons. The van der Waals surface area contributed by atoms with E-state index in [9.17, 15) is 18.0 Å². The number of carbonyl (C=O) groups is 2. The van der Waals surface area contributed by atoms with E-state index in [-0.39, 0.29) is 22.9 Å². The molecule has 0 aliphatic heterocycles. The van der Waals surface area contributed by atoms with Gasteiger partial charge in [-0.3, -0.25) is 4.79 Å². The average molecular weight is 320 g/mol. The fourth-order valence-electron chi connectivity index (χ4n) is 1.57. The Balaban J connectivity index is 3.19. The molecule has 0 aromatic carbocycles. The Kier molecular flexibility index (Phi) is 5.66. The second-order valence-corrected chi connectivity index (χ2v) is 6.75. The summed E-state index contributed by atoms with van der Waals surface area (Å²) < 4.78 is 25.9. The molecule has 0 aliphatic rings. The molecule has 1 rings (SSSR count). The molecule has 0 aliphatic carbocycles. The molecule has 9 heteroatoms. The highest BCUT2D eigenvalue weighted by atomic mass is 32.2. The minimum absolute atomic E-state index is 0.144. The Labute approximate surface area is 121 Å². The van der Waals surface area contributed by atoms with Crippen molar-refractivity contribution in [1.82, 2.24) is 9.62 Å². The summed E-state index contributed by atoms with van der Waals surface area (Å²) >= 11 is 0.839. The fourth-order valence-corrected chi connectivity index (χ4v) is 4.29. The molecular formula is C11H16N2O5S2. The van der Waals surface area contributed by atoms with Crippen LogP contribution >= 0.6 is 11.3 Å². The number of nitrogens with zero attached hydrogens (tertiary/aromatic N) is 1. The largest absolute Gasteiger partial charge is 0.477 e. The average Bonchev–Trinajstić information content (AvgIpc) is 2.88. The second-order valence-electron chi connectivity index (χ2n) is 3.93. The lowest BCUT2D eigenvalue weighted by Gasteiger charge is -2.20. The van der Waals surface area contributed by atoms with Crippen LogP contribution < -0.4 is 5.32 Å². The first-order chi connectivity index (χ1) is 9.34. The van der Waals surface area contributed by atoms with Gasteiger partial charge in [0.1, 0.15) is 9.77 Å². The molecule has 0 fully saturated rings. The number of rotatable bonds is 7. The quantitative estimate of drug-likeness (QED) is 0.765. The van der Waals surface area contributed by atoms with Gasteiger partial charge >= 0.3 is 5.97 Å². The highest BCUT2D eigenvalue weighted by molar-refractivity contribution is 7.89. The molecule has 1 amide bonds. The zero-order valence-corrected chi connectivity index (χ0v) is 12.8. The van der Waals surface area contributed by atoms with E-state index in [4.69, 9.17) is 5.11 Å². The molecule has 0 spiro atoms. The van der Waals surface area contributed by atoms with E-state index in [1.807, 2.05) is 0 Å². The Morgan fingerprint density at radius 3 is 2.60 bits per heavy atom. The van der Waals surface area contributed by atoms with Gasteiger partial charge in [0.25, 0.3) is 0 Å². The maximum absolute atomic E-state index is 12.4. The van der Waals surface area contributed by atoms with Crippen molar-refractivity contribution in [2.45, 2.75) is 18.2 Å². The van der Waals surface area contributed by atoms with Gasteiger partial charge in [0.15, 0.2) is 0 Å². The normalized spacial score (nSPS) is 11.6. The summed E-state index contributed by atoms with van der Waals surface area (Å²) in [5, 5.41) is 12.8. The van der Waals surface area contributed by atoms with Crippen molar-refractivity contribution in [2.24, 2.45) is 0 Å². The monoisotopic (exact) mass is 320 g/mol. The van der Waals surface area contributed by atoms with Crippen LogP contribution in [-0.4, -0.2) is 49.8 Å². The van der Waals surface area contributed by atoms with E-state index in [1.54, 1.807) is 6.92 Å². The predicted octanol–water partition coefficient (Wildman–Crippen LogP) is 0.593. The number of amides is 1. The molecule has 1 heterocycles. The van der Waals surface area contributed by atoms with Crippen molar-refractivity contribution in [3.8, 4) is 0 Å². The van der Waals surface area contributed by atoms with Crippen molar-refractivity contribution < 1.29 is 23.1 Å². The van der Waals surface area contributed by atoms with Gasteiger partial charge in [0.2, 0.25) is 15.9 Å². The van der Waals surface area contributed by atoms with Crippen LogP contribution in [0.4, 0.5) is 0 Å². The number of hydrogen-bond donors (Lipinski definition) is 2. The Bertz CT molecular complexity index is 594. The number of thiophene rings is 1. The molecule has 0 saturated heterocycles. The number of nitrogens with one attached hydrogen (secondary N) is 1. The number of hydrogen-bond acceptors (Lipinski definition) is 5. The molecule has 0 unspecified atom stereocenters. The third-order valence-electron chi connectivity index (χ3n) is 2.51. The summed E-state index contributed by atoms with van der Waals surface area (Å²) in [4.78, 5) is 21.9. The van der Waals surface area contributed by atoms with Crippen molar-refractivity contribution in [1.29, 1.82) is 0 Å². The van der Waals surface area contributed by atoms with Gasteiger partial charge < -0.3 is 10.4 Å². The number of likely N-dealkylation sites (N-methyl/N-ethyl adjacent to an activating group) is 1. The summed E-state index contributed by atoms with van der Waals surface area (Å²) in [6.07, 6.45) is 0.517. The fraction of sp³-hybridized carbons (Fsp3) is 0.455. The van der Waals surface area contributed by atoms with Crippen molar-refractivity contribution in [3.63, 3.8) is 0 Å². The van der Waals surface area contributed by atoms with Gasteiger partial charge in [-0.1, -0.05) is 6.92 Å². The third kappa shape index (κ3) is 3.56. The van der Waals surface area contributed by atoms with Crippen LogP contribution in [-0.2, 0) is 14.8 Å². The van der Waals surface area contributed by atoms with Crippen molar-refractivity contribution in [3.05, 3.63) is 16.3 Å². The molecule has 1 aromatic rings. The molecule has 1 aromatic heterocycles. The van der Waals surface area contributed by atoms with Crippen LogP contribution in [0.3, 0.4) is 0 Å². The number of sulfonamides is 1. The highest BCUT2D eigenvalue weighted by Crippen LogP contribution is 2.25. The first kappa shape index (κ1) is 16.6. The molecule has 0 atom stereocenters. The molecule has 20 heavy (non-hydrogen) atoms.